The first-order chi connectivity index (χ1) is 6.66. The zero-order valence-electron chi connectivity index (χ0n) is 8.14. The second-order valence-electron chi connectivity index (χ2n) is 3.63. The van der Waals surface area contributed by atoms with Crippen LogP contribution in [0.25, 0.3) is 0 Å². The number of hydrogen-bond donors (Lipinski definition) is 1. The predicted octanol–water partition coefficient (Wildman–Crippen LogP) is 1.72. The summed E-state index contributed by atoms with van der Waals surface area (Å²) in [4.78, 5) is 16.4. The zero-order valence-corrected chi connectivity index (χ0v) is 9.73. The number of hydrogen-bond acceptors (Lipinski definition) is 1. The summed E-state index contributed by atoms with van der Waals surface area (Å²) in [5, 5.41) is 0. The third-order valence-electron chi connectivity index (χ3n) is 2.69. The third kappa shape index (κ3) is 1.85. The Morgan fingerprint density at radius 3 is 2.93 bits per heavy atom. The van der Waals surface area contributed by atoms with Gasteiger partial charge >= 0.3 is 0 Å². The van der Waals surface area contributed by atoms with Crippen LogP contribution in [0, 0.1) is 0 Å². The molecule has 2 rings (SSSR count). The highest BCUT2D eigenvalue weighted by molar-refractivity contribution is 9.10. The van der Waals surface area contributed by atoms with Crippen LogP contribution < -0.4 is 0 Å². The molecule has 0 fully saturated rings. The van der Waals surface area contributed by atoms with Crippen LogP contribution >= 0.6 is 15.9 Å². The van der Waals surface area contributed by atoms with E-state index in [1.807, 2.05) is 4.90 Å². The van der Waals surface area contributed by atoms with Crippen LogP contribution in [0.5, 0.6) is 0 Å². The molecule has 4 heteroatoms. The largest absolute Gasteiger partial charge is 0.353 e. The number of aromatic nitrogens is 1. The van der Waals surface area contributed by atoms with Crippen LogP contribution in [-0.2, 0) is 17.6 Å². The summed E-state index contributed by atoms with van der Waals surface area (Å²) in [6.45, 7) is 3.30. The number of H-pyrrole nitrogens is 1. The van der Waals surface area contributed by atoms with E-state index in [0.717, 1.165) is 30.5 Å². The van der Waals surface area contributed by atoms with Gasteiger partial charge in [0, 0.05) is 32.1 Å². The van der Waals surface area contributed by atoms with E-state index in [2.05, 4.69) is 27.0 Å². The molecule has 3 nitrogen and oxygen atoms in total. The van der Waals surface area contributed by atoms with Gasteiger partial charge in [0.1, 0.15) is 0 Å². The Hall–Kier alpha value is -0.770. The Morgan fingerprint density at radius 2 is 2.21 bits per heavy atom. The van der Waals surface area contributed by atoms with Crippen LogP contribution in [0.1, 0.15) is 18.2 Å². The van der Waals surface area contributed by atoms with Crippen LogP contribution in [0.3, 0.4) is 0 Å². The molecule has 1 N–H and O–H groups in total. The van der Waals surface area contributed by atoms with E-state index in [9.17, 15) is 4.79 Å². The molecule has 0 atom stereocenters. The molecule has 2 heterocycles. The lowest BCUT2D eigenvalue weighted by molar-refractivity contribution is -0.128. The smallest absolute Gasteiger partial charge is 0.219 e. The molecule has 0 bridgehead atoms. The van der Waals surface area contributed by atoms with Crippen LogP contribution in [0.4, 0.5) is 0 Å². The number of amides is 1. The van der Waals surface area contributed by atoms with Crippen LogP contribution in [-0.4, -0.2) is 28.9 Å². The van der Waals surface area contributed by atoms with Gasteiger partial charge < -0.3 is 9.88 Å². The minimum absolute atomic E-state index is 0.175. The summed E-state index contributed by atoms with van der Waals surface area (Å²) in [7, 11) is 0. The first-order valence-electron chi connectivity index (χ1n) is 4.78. The molecule has 0 aromatic carbocycles. The maximum atomic E-state index is 11.2. The number of rotatable bonds is 0. The van der Waals surface area contributed by atoms with Gasteiger partial charge in [-0.1, -0.05) is 0 Å². The Balaban J connectivity index is 2.15. The molecule has 0 unspecified atom stereocenters. The molecule has 14 heavy (non-hydrogen) atoms. The fourth-order valence-corrected chi connectivity index (χ4v) is 2.39. The summed E-state index contributed by atoms with van der Waals surface area (Å²) < 4.78 is 1.04. The van der Waals surface area contributed by atoms with Crippen molar-refractivity contribution in [2.45, 2.75) is 19.8 Å². The first kappa shape index (κ1) is 9.77. The number of fused-ring (bicyclic) bond motifs is 1. The summed E-state index contributed by atoms with van der Waals surface area (Å²) in [6, 6.07) is 2.11. The standard InChI is InChI=1S/C10H13BrN2O/c1-7(14)13-4-2-8-6-10(11)12-9(8)3-5-13/h6,12H,2-5H2,1H3. The first-order valence-corrected chi connectivity index (χ1v) is 5.58. The van der Waals surface area contributed by atoms with Gasteiger partial charge in [0.05, 0.1) is 4.60 Å². The van der Waals surface area contributed by atoms with Gasteiger partial charge in [0.25, 0.3) is 0 Å². The van der Waals surface area contributed by atoms with E-state index in [-0.39, 0.29) is 5.91 Å². The summed E-state index contributed by atoms with van der Waals surface area (Å²) in [5.74, 6) is 0.175. The third-order valence-corrected chi connectivity index (χ3v) is 3.11. The maximum Gasteiger partial charge on any atom is 0.219 e. The van der Waals surface area contributed by atoms with E-state index >= 15 is 0 Å². The monoisotopic (exact) mass is 256 g/mol. The van der Waals surface area contributed by atoms with E-state index in [1.165, 1.54) is 11.3 Å². The van der Waals surface area contributed by atoms with Gasteiger partial charge in [-0.05, 0) is 34.0 Å². The second kappa shape index (κ2) is 3.77. The second-order valence-corrected chi connectivity index (χ2v) is 4.48. The van der Waals surface area contributed by atoms with E-state index in [1.54, 1.807) is 6.92 Å². The summed E-state index contributed by atoms with van der Waals surface area (Å²) in [5.41, 5.74) is 2.60. The van der Waals surface area contributed by atoms with Crippen molar-refractivity contribution in [1.82, 2.24) is 9.88 Å². The molecule has 0 saturated heterocycles. The number of nitrogens with zero attached hydrogens (tertiary/aromatic N) is 1. The average molecular weight is 257 g/mol. The van der Waals surface area contributed by atoms with Gasteiger partial charge in [0.15, 0.2) is 0 Å². The lowest BCUT2D eigenvalue weighted by Crippen LogP contribution is -2.31. The van der Waals surface area contributed by atoms with Gasteiger partial charge in [-0.15, -0.1) is 0 Å². The molecule has 1 amide bonds. The molecule has 1 aromatic heterocycles. The Labute approximate surface area is 91.6 Å². The maximum absolute atomic E-state index is 11.2. The average Bonchev–Trinajstić information content (AvgIpc) is 2.34. The van der Waals surface area contributed by atoms with Crippen molar-refractivity contribution in [3.8, 4) is 0 Å². The highest BCUT2D eigenvalue weighted by Gasteiger charge is 2.16. The highest BCUT2D eigenvalue weighted by atomic mass is 79.9. The fraction of sp³-hybridized carbons (Fsp3) is 0.500. The molecule has 0 radical (unpaired) electrons. The van der Waals surface area contributed by atoms with Gasteiger partial charge in [-0.3, -0.25) is 4.79 Å². The van der Waals surface area contributed by atoms with Crippen LogP contribution in [0.15, 0.2) is 10.7 Å². The lowest BCUT2D eigenvalue weighted by Gasteiger charge is -2.17. The molecule has 1 aliphatic rings. The number of aromatic amines is 1. The highest BCUT2D eigenvalue weighted by Crippen LogP contribution is 2.20. The number of carbonyl (C=O) groups is 1. The molecule has 76 valence electrons. The van der Waals surface area contributed by atoms with Crippen molar-refractivity contribution >= 4 is 21.8 Å². The summed E-state index contributed by atoms with van der Waals surface area (Å²) in [6.07, 6.45) is 1.89. The van der Waals surface area contributed by atoms with Crippen molar-refractivity contribution < 1.29 is 4.79 Å². The summed E-state index contributed by atoms with van der Waals surface area (Å²) >= 11 is 3.43. The number of nitrogens with one attached hydrogen (secondary N) is 1. The number of carbonyl (C=O) groups excluding carboxylic acids is 1. The fourth-order valence-electron chi connectivity index (χ4n) is 1.88. The minimum atomic E-state index is 0.175. The zero-order chi connectivity index (χ0) is 10.1. The number of halogens is 1. The SMILES string of the molecule is CC(=O)N1CCc2cc(Br)[nH]c2CC1. The molecule has 0 spiro atoms. The van der Waals surface area contributed by atoms with Crippen molar-refractivity contribution in [2.24, 2.45) is 0 Å². The van der Waals surface area contributed by atoms with E-state index in [0.29, 0.717) is 0 Å². The van der Waals surface area contributed by atoms with Crippen LogP contribution in [0.2, 0.25) is 0 Å². The minimum Gasteiger partial charge on any atom is -0.353 e. The molecule has 0 aliphatic carbocycles. The van der Waals surface area contributed by atoms with Crippen molar-refractivity contribution in [3.63, 3.8) is 0 Å². The van der Waals surface area contributed by atoms with Crippen molar-refractivity contribution in [3.05, 3.63) is 21.9 Å². The molecular weight excluding hydrogens is 244 g/mol. The van der Waals surface area contributed by atoms with Gasteiger partial charge in [-0.25, -0.2) is 0 Å². The lowest BCUT2D eigenvalue weighted by atomic mass is 10.1. The predicted molar refractivity (Wildman–Crippen MR) is 58.2 cm³/mol. The molecular formula is C10H13BrN2O. The Bertz CT molecular complexity index is 334. The van der Waals surface area contributed by atoms with Crippen molar-refractivity contribution in [1.29, 1.82) is 0 Å². The topological polar surface area (TPSA) is 36.1 Å². The van der Waals surface area contributed by atoms with Gasteiger partial charge in [0.2, 0.25) is 5.91 Å². The molecule has 0 saturated carbocycles. The normalized spacial score (nSPS) is 16.3. The molecule has 1 aliphatic heterocycles. The van der Waals surface area contributed by atoms with E-state index in [4.69, 9.17) is 0 Å². The van der Waals surface area contributed by atoms with Crippen molar-refractivity contribution in [2.75, 3.05) is 13.1 Å². The quantitative estimate of drug-likeness (QED) is 0.754. The Morgan fingerprint density at radius 1 is 1.50 bits per heavy atom. The molecule has 1 aromatic rings. The van der Waals surface area contributed by atoms with Gasteiger partial charge in [-0.2, -0.15) is 0 Å². The van der Waals surface area contributed by atoms with E-state index < -0.39 is 0 Å². The Kier molecular flexibility index (Phi) is 2.63.